The van der Waals surface area contributed by atoms with E-state index in [9.17, 15) is 0 Å². The number of rotatable bonds is 4. The fourth-order valence-corrected chi connectivity index (χ4v) is 6.44. The van der Waals surface area contributed by atoms with Crippen LogP contribution in [-0.2, 0) is 6.42 Å². The van der Waals surface area contributed by atoms with Gasteiger partial charge in [0.2, 0.25) is 0 Å². The zero-order valence-corrected chi connectivity index (χ0v) is 22.5. The predicted octanol–water partition coefficient (Wildman–Crippen LogP) is 10.2. The lowest BCUT2D eigenvalue weighted by molar-refractivity contribution is 1.00. The number of aryl methyl sites for hydroxylation is 2. The Bertz CT molecular complexity index is 1940. The van der Waals surface area contributed by atoms with Crippen molar-refractivity contribution in [3.05, 3.63) is 138 Å². The fraction of sp³-hybridized carbons (Fsp3) is 0.105. The predicted molar refractivity (Wildman–Crippen MR) is 170 cm³/mol. The van der Waals surface area contributed by atoms with E-state index in [1.807, 2.05) is 6.07 Å². The molecule has 0 saturated carbocycles. The largest absolute Gasteiger partial charge is 0.344 e. The van der Waals surface area contributed by atoms with E-state index in [1.54, 1.807) is 0 Å². The number of hydrogen-bond donors (Lipinski definition) is 0. The molecule has 0 amide bonds. The minimum Gasteiger partial charge on any atom is -0.344 e. The molecule has 0 bridgehead atoms. The first-order valence-electron chi connectivity index (χ1n) is 13.8. The average molecular weight is 502 g/mol. The van der Waals surface area contributed by atoms with Crippen molar-refractivity contribution < 1.29 is 0 Å². The van der Waals surface area contributed by atoms with Gasteiger partial charge in [-0.2, -0.15) is 0 Å². The molecule has 7 rings (SSSR count). The van der Waals surface area contributed by atoms with Crippen molar-refractivity contribution in [1.29, 1.82) is 0 Å². The summed E-state index contributed by atoms with van der Waals surface area (Å²) >= 11 is 0. The minimum atomic E-state index is 0.995. The maximum absolute atomic E-state index is 4.38. The molecule has 0 heterocycles. The summed E-state index contributed by atoms with van der Waals surface area (Å²) in [5.74, 6) is 0. The standard InChI is InChI=1S/C38H31N/c1-25-23-28(21-22-37(25)39(3)26(2)27-13-5-4-6-14-27)35-24-36-31-17-8-7-15-29(31)30-16-9-11-19-33(30)38(36)34-20-12-10-18-32(34)35/h4-7,9-16,18-24H,2,8,17H2,1,3H3. The highest BCUT2D eigenvalue weighted by molar-refractivity contribution is 6.25. The molecule has 1 nitrogen and oxygen atoms in total. The van der Waals surface area contributed by atoms with Crippen molar-refractivity contribution in [2.45, 2.75) is 19.8 Å². The zero-order chi connectivity index (χ0) is 26.5. The van der Waals surface area contributed by atoms with Crippen LogP contribution in [0.25, 0.3) is 55.2 Å². The Morgan fingerprint density at radius 1 is 0.718 bits per heavy atom. The molecule has 6 aromatic rings. The average Bonchev–Trinajstić information content (AvgIpc) is 3.00. The number of anilines is 1. The quantitative estimate of drug-likeness (QED) is 0.217. The third kappa shape index (κ3) is 3.77. The minimum absolute atomic E-state index is 0.995. The Balaban J connectivity index is 1.44. The molecule has 0 aromatic heterocycles. The second kappa shape index (κ2) is 9.29. The van der Waals surface area contributed by atoms with E-state index in [1.165, 1.54) is 65.8 Å². The van der Waals surface area contributed by atoms with E-state index in [4.69, 9.17) is 0 Å². The smallest absolute Gasteiger partial charge is 0.0438 e. The van der Waals surface area contributed by atoms with Crippen molar-refractivity contribution in [1.82, 2.24) is 0 Å². The van der Waals surface area contributed by atoms with Gasteiger partial charge in [0, 0.05) is 18.4 Å². The van der Waals surface area contributed by atoms with Crippen LogP contribution >= 0.6 is 0 Å². The maximum Gasteiger partial charge on any atom is 0.0438 e. The van der Waals surface area contributed by atoms with Crippen LogP contribution in [0.15, 0.2) is 116 Å². The van der Waals surface area contributed by atoms with Gasteiger partial charge in [0.05, 0.1) is 0 Å². The number of allylic oxidation sites excluding steroid dienone is 1. The van der Waals surface area contributed by atoms with Crippen LogP contribution in [0.1, 0.15) is 28.7 Å². The summed E-state index contributed by atoms with van der Waals surface area (Å²) in [6.45, 7) is 6.59. The third-order valence-corrected chi connectivity index (χ3v) is 8.41. The summed E-state index contributed by atoms with van der Waals surface area (Å²) < 4.78 is 0. The van der Waals surface area contributed by atoms with E-state index < -0.39 is 0 Å². The molecule has 0 radical (unpaired) electrons. The second-order valence-corrected chi connectivity index (χ2v) is 10.6. The number of benzene rings is 6. The van der Waals surface area contributed by atoms with Crippen molar-refractivity contribution in [2.75, 3.05) is 11.9 Å². The van der Waals surface area contributed by atoms with Gasteiger partial charge in [0.25, 0.3) is 0 Å². The Labute approximate surface area is 230 Å². The molecular weight excluding hydrogens is 470 g/mol. The molecule has 0 unspecified atom stereocenters. The summed E-state index contributed by atoms with van der Waals surface area (Å²) in [6.07, 6.45) is 6.83. The molecule has 6 aromatic carbocycles. The topological polar surface area (TPSA) is 3.24 Å². The van der Waals surface area contributed by atoms with Crippen LogP contribution in [0, 0.1) is 6.92 Å². The highest BCUT2D eigenvalue weighted by Gasteiger charge is 2.19. The van der Waals surface area contributed by atoms with Crippen molar-refractivity contribution >= 4 is 49.8 Å². The molecule has 39 heavy (non-hydrogen) atoms. The molecule has 0 atom stereocenters. The summed E-state index contributed by atoms with van der Waals surface area (Å²) in [6, 6.07) is 37.6. The molecule has 0 saturated heterocycles. The van der Waals surface area contributed by atoms with Crippen molar-refractivity contribution in [3.63, 3.8) is 0 Å². The van der Waals surface area contributed by atoms with Gasteiger partial charge in [-0.3, -0.25) is 0 Å². The number of nitrogens with zero attached hydrogens (tertiary/aromatic N) is 1. The van der Waals surface area contributed by atoms with E-state index in [0.29, 0.717) is 0 Å². The lowest BCUT2D eigenvalue weighted by Gasteiger charge is -2.25. The van der Waals surface area contributed by atoms with E-state index >= 15 is 0 Å². The van der Waals surface area contributed by atoms with Gasteiger partial charge >= 0.3 is 0 Å². The number of fused-ring (bicyclic) bond motifs is 8. The van der Waals surface area contributed by atoms with Gasteiger partial charge in [0.15, 0.2) is 0 Å². The molecule has 0 aliphatic heterocycles. The molecule has 188 valence electrons. The molecular formula is C38H31N. The maximum atomic E-state index is 4.38. The van der Waals surface area contributed by atoms with Gasteiger partial charge in [-0.1, -0.05) is 104 Å². The lowest BCUT2D eigenvalue weighted by Crippen LogP contribution is -2.15. The van der Waals surface area contributed by atoms with Crippen LogP contribution in [0.4, 0.5) is 5.69 Å². The Hall–Kier alpha value is -4.62. The highest BCUT2D eigenvalue weighted by Crippen LogP contribution is 2.43. The number of hydrogen-bond acceptors (Lipinski definition) is 1. The van der Waals surface area contributed by atoms with Crippen LogP contribution in [0.2, 0.25) is 0 Å². The molecule has 1 aliphatic rings. The highest BCUT2D eigenvalue weighted by atomic mass is 15.1. The van der Waals surface area contributed by atoms with Crippen LogP contribution in [0.3, 0.4) is 0 Å². The van der Waals surface area contributed by atoms with Crippen molar-refractivity contribution in [3.8, 4) is 11.1 Å². The van der Waals surface area contributed by atoms with Crippen molar-refractivity contribution in [2.24, 2.45) is 0 Å². The first kappa shape index (κ1) is 23.5. The summed E-state index contributed by atoms with van der Waals surface area (Å²) in [7, 11) is 2.10. The van der Waals surface area contributed by atoms with Crippen LogP contribution < -0.4 is 4.90 Å². The molecule has 0 spiro atoms. The first-order valence-corrected chi connectivity index (χ1v) is 13.8. The zero-order valence-electron chi connectivity index (χ0n) is 22.5. The Morgan fingerprint density at radius 2 is 1.38 bits per heavy atom. The monoisotopic (exact) mass is 501 g/mol. The molecule has 0 fully saturated rings. The van der Waals surface area contributed by atoms with Gasteiger partial charge in [-0.25, -0.2) is 0 Å². The van der Waals surface area contributed by atoms with E-state index in [0.717, 1.165) is 24.1 Å². The second-order valence-electron chi connectivity index (χ2n) is 10.6. The molecule has 1 aliphatic carbocycles. The van der Waals surface area contributed by atoms with Gasteiger partial charge in [0.1, 0.15) is 0 Å². The van der Waals surface area contributed by atoms with Crippen LogP contribution in [-0.4, -0.2) is 7.05 Å². The Morgan fingerprint density at radius 3 is 2.13 bits per heavy atom. The lowest BCUT2D eigenvalue weighted by atomic mass is 9.83. The first-order chi connectivity index (χ1) is 19.1. The van der Waals surface area contributed by atoms with Crippen LogP contribution in [0.5, 0.6) is 0 Å². The van der Waals surface area contributed by atoms with E-state index in [2.05, 4.69) is 135 Å². The molecule has 1 heteroatoms. The fourth-order valence-electron chi connectivity index (χ4n) is 6.44. The summed E-state index contributed by atoms with van der Waals surface area (Å²) in [5, 5.41) is 8.10. The van der Waals surface area contributed by atoms with Gasteiger partial charge in [-0.15, -0.1) is 0 Å². The van der Waals surface area contributed by atoms with Gasteiger partial charge in [-0.05, 0) is 104 Å². The normalized spacial score (nSPS) is 12.7. The third-order valence-electron chi connectivity index (χ3n) is 8.41. The van der Waals surface area contributed by atoms with E-state index in [-0.39, 0.29) is 0 Å². The molecule has 0 N–H and O–H groups in total. The van der Waals surface area contributed by atoms with Gasteiger partial charge < -0.3 is 4.90 Å². The SMILES string of the molecule is C=C(c1ccccc1)N(C)c1ccc(-c2cc3c4c(c5ccccc5c3c3ccccc23)C=CCC4)cc1C. The summed E-state index contributed by atoms with van der Waals surface area (Å²) in [5.41, 5.74) is 9.95. The summed E-state index contributed by atoms with van der Waals surface area (Å²) in [4.78, 5) is 2.20. The Kier molecular flexibility index (Phi) is 5.60.